The van der Waals surface area contributed by atoms with E-state index in [2.05, 4.69) is 51.1 Å². The molecule has 5 aromatic rings. The van der Waals surface area contributed by atoms with E-state index in [9.17, 15) is 10.1 Å². The molecule has 1 heterocycles. The third-order valence-electron chi connectivity index (χ3n) is 7.60. The topological polar surface area (TPSA) is 99.5 Å². The first-order valence-corrected chi connectivity index (χ1v) is 16.5. The van der Waals surface area contributed by atoms with E-state index in [4.69, 9.17) is 9.47 Å². The molecular weight excluding hydrogens is 607 g/mol. The fraction of sp³-hybridized carbons (Fsp3) is 0.184. The molecule has 0 saturated carbocycles. The second kappa shape index (κ2) is 16.2. The van der Waals surface area contributed by atoms with Gasteiger partial charge in [-0.1, -0.05) is 48.3 Å². The van der Waals surface area contributed by atoms with Gasteiger partial charge in [-0.25, -0.2) is 0 Å². The van der Waals surface area contributed by atoms with Gasteiger partial charge in [-0.05, 0) is 83.8 Å². The van der Waals surface area contributed by atoms with Crippen LogP contribution in [0.25, 0.3) is 0 Å². The number of carbonyl (C=O) groups is 1. The molecule has 0 spiro atoms. The highest BCUT2D eigenvalue weighted by Gasteiger charge is 2.15. The quantitative estimate of drug-likeness (QED) is 0.118. The summed E-state index contributed by atoms with van der Waals surface area (Å²) in [5.41, 5.74) is 7.73. The Morgan fingerprint density at radius 3 is 2.28 bits per heavy atom. The first kappa shape index (κ1) is 32.9. The summed E-state index contributed by atoms with van der Waals surface area (Å²) in [5, 5.41) is 11.9. The van der Waals surface area contributed by atoms with Crippen molar-refractivity contribution >= 4 is 29.2 Å². The highest BCUT2D eigenvalue weighted by molar-refractivity contribution is 7.99. The molecule has 5 rings (SSSR count). The molecule has 1 aromatic heterocycles. The van der Waals surface area contributed by atoms with Gasteiger partial charge in [0, 0.05) is 68.2 Å². The van der Waals surface area contributed by atoms with Crippen molar-refractivity contribution in [2.24, 2.45) is 0 Å². The molecule has 1 amide bonds. The molecule has 0 saturated heterocycles. The molecule has 0 aliphatic heterocycles. The third kappa shape index (κ3) is 9.06. The number of nitrogens with zero attached hydrogens (tertiary/aromatic N) is 3. The summed E-state index contributed by atoms with van der Waals surface area (Å²) in [7, 11) is 1.60. The summed E-state index contributed by atoms with van der Waals surface area (Å²) in [5.74, 6) is 1.47. The van der Waals surface area contributed by atoms with Gasteiger partial charge in [-0.2, -0.15) is 5.26 Å². The van der Waals surface area contributed by atoms with E-state index in [1.54, 1.807) is 43.4 Å². The van der Waals surface area contributed by atoms with Gasteiger partial charge in [0.05, 0.1) is 18.2 Å². The van der Waals surface area contributed by atoms with Gasteiger partial charge in [0.1, 0.15) is 17.2 Å². The minimum Gasteiger partial charge on any atom is -0.493 e. The number of amides is 1. The van der Waals surface area contributed by atoms with E-state index < -0.39 is 0 Å². The van der Waals surface area contributed by atoms with Crippen LogP contribution in [0.15, 0.2) is 109 Å². The number of benzene rings is 4. The first-order chi connectivity index (χ1) is 22.9. The van der Waals surface area contributed by atoms with Crippen molar-refractivity contribution in [3.63, 3.8) is 0 Å². The number of nitrogens with one attached hydrogen (secondary N) is 2. The average molecular weight is 644 g/mol. The second-order valence-electron chi connectivity index (χ2n) is 10.9. The van der Waals surface area contributed by atoms with Crippen molar-refractivity contribution in [2.75, 3.05) is 29.5 Å². The molecule has 9 heteroatoms. The van der Waals surface area contributed by atoms with Crippen molar-refractivity contribution in [2.45, 2.75) is 26.4 Å². The largest absolute Gasteiger partial charge is 0.493 e. The number of hydrogen-bond acceptors (Lipinski definition) is 8. The van der Waals surface area contributed by atoms with Gasteiger partial charge in [-0.3, -0.25) is 9.78 Å². The minimum atomic E-state index is -0.225. The maximum atomic E-state index is 12.5. The highest BCUT2D eigenvalue weighted by atomic mass is 32.2. The van der Waals surface area contributed by atoms with E-state index in [1.165, 1.54) is 0 Å². The second-order valence-corrected chi connectivity index (χ2v) is 11.5. The molecule has 0 atom stereocenters. The Labute approximate surface area is 280 Å². The molecule has 238 valence electrons. The van der Waals surface area contributed by atoms with Crippen molar-refractivity contribution in [1.29, 1.82) is 5.26 Å². The number of pyridine rings is 1. The van der Waals surface area contributed by atoms with Crippen molar-refractivity contribution in [3.8, 4) is 23.3 Å². The van der Waals surface area contributed by atoms with Gasteiger partial charge in [0.15, 0.2) is 0 Å². The normalized spacial score (nSPS) is 10.5. The molecule has 47 heavy (non-hydrogen) atoms. The maximum absolute atomic E-state index is 12.5. The lowest BCUT2D eigenvalue weighted by Crippen LogP contribution is -2.23. The van der Waals surface area contributed by atoms with Crippen molar-refractivity contribution < 1.29 is 14.3 Å². The van der Waals surface area contributed by atoms with Crippen LogP contribution in [0.3, 0.4) is 0 Å². The SMILES string of the molecule is CNC(=O)c1cc(OCCc2cccnc2)cc(Oc2ccc(CN(Cc3ccc(C#N)cc3)c3cccc(NSC)c3C)cc2)c1. The first-order valence-electron chi connectivity index (χ1n) is 15.2. The number of aromatic nitrogens is 1. The van der Waals surface area contributed by atoms with Crippen LogP contribution in [0.4, 0.5) is 11.4 Å². The predicted octanol–water partition coefficient (Wildman–Crippen LogP) is 7.93. The van der Waals surface area contributed by atoms with E-state index in [-0.39, 0.29) is 5.91 Å². The van der Waals surface area contributed by atoms with Crippen LogP contribution in [0.1, 0.15) is 38.2 Å². The number of rotatable bonds is 14. The minimum absolute atomic E-state index is 0.225. The van der Waals surface area contributed by atoms with Gasteiger partial charge in [0.25, 0.3) is 5.91 Å². The summed E-state index contributed by atoms with van der Waals surface area (Å²) >= 11 is 1.57. The molecule has 8 nitrogen and oxygen atoms in total. The highest BCUT2D eigenvalue weighted by Crippen LogP contribution is 2.32. The summed E-state index contributed by atoms with van der Waals surface area (Å²) < 4.78 is 15.6. The van der Waals surface area contributed by atoms with Crippen LogP contribution in [0, 0.1) is 18.3 Å². The molecular formula is C38H37N5O3S. The van der Waals surface area contributed by atoms with Gasteiger partial charge in [0.2, 0.25) is 0 Å². The zero-order valence-corrected chi connectivity index (χ0v) is 27.5. The fourth-order valence-electron chi connectivity index (χ4n) is 5.16. The average Bonchev–Trinajstić information content (AvgIpc) is 3.10. The molecule has 0 bridgehead atoms. The number of hydrogen-bond donors (Lipinski definition) is 2. The smallest absolute Gasteiger partial charge is 0.251 e. The molecule has 0 aliphatic rings. The summed E-state index contributed by atoms with van der Waals surface area (Å²) in [4.78, 5) is 19.0. The van der Waals surface area contributed by atoms with Crippen LogP contribution in [0.5, 0.6) is 17.2 Å². The standard InChI is InChI=1S/C38H37N5O3S/c1-27-36(42-47-3)7-4-8-37(27)43(25-30-11-9-28(23-39)10-12-30)26-31-13-15-33(16-14-31)46-35-21-32(38(44)40-2)20-34(22-35)45-19-17-29-6-5-18-41-24-29/h4-16,18,20-22,24,42H,17,19,25-26H2,1-3H3,(H,40,44). The zero-order chi connectivity index (χ0) is 33.0. The van der Waals surface area contributed by atoms with E-state index in [0.29, 0.717) is 54.5 Å². The molecule has 4 aromatic carbocycles. The van der Waals surface area contributed by atoms with Gasteiger partial charge >= 0.3 is 0 Å². The predicted molar refractivity (Wildman–Crippen MR) is 189 cm³/mol. The monoisotopic (exact) mass is 643 g/mol. The fourth-order valence-corrected chi connectivity index (χ4v) is 5.60. The zero-order valence-electron chi connectivity index (χ0n) is 26.7. The lowest BCUT2D eigenvalue weighted by Gasteiger charge is -2.28. The Hall–Kier alpha value is -5.46. The summed E-state index contributed by atoms with van der Waals surface area (Å²) in [6, 6.07) is 33.3. The molecule has 0 unspecified atom stereocenters. The molecule has 0 fully saturated rings. The number of carbonyl (C=O) groups excluding carboxylic acids is 1. The number of anilines is 2. The Morgan fingerprint density at radius 1 is 0.894 bits per heavy atom. The van der Waals surface area contributed by atoms with Crippen LogP contribution < -0.4 is 24.4 Å². The lowest BCUT2D eigenvalue weighted by atomic mass is 10.1. The Bertz CT molecular complexity index is 1820. The lowest BCUT2D eigenvalue weighted by molar-refractivity contribution is 0.0962. The molecule has 0 radical (unpaired) electrons. The van der Waals surface area contributed by atoms with Crippen LogP contribution in [-0.2, 0) is 19.5 Å². The molecule has 0 aliphatic carbocycles. The maximum Gasteiger partial charge on any atom is 0.251 e. The summed E-state index contributed by atoms with van der Waals surface area (Å²) in [6.45, 7) is 3.89. The number of ether oxygens (including phenoxy) is 2. The van der Waals surface area contributed by atoms with Crippen molar-refractivity contribution in [1.82, 2.24) is 10.3 Å². The van der Waals surface area contributed by atoms with E-state index in [1.807, 2.05) is 73.1 Å². The van der Waals surface area contributed by atoms with Gasteiger partial charge in [-0.15, -0.1) is 0 Å². The molecule has 2 N–H and O–H groups in total. The van der Waals surface area contributed by atoms with Gasteiger partial charge < -0.3 is 24.4 Å². The third-order valence-corrected chi connectivity index (χ3v) is 8.02. The van der Waals surface area contributed by atoms with Crippen LogP contribution >= 0.6 is 11.9 Å². The van der Waals surface area contributed by atoms with E-state index >= 15 is 0 Å². The van der Waals surface area contributed by atoms with E-state index in [0.717, 1.165) is 33.6 Å². The summed E-state index contributed by atoms with van der Waals surface area (Å²) in [6.07, 6.45) is 6.26. The van der Waals surface area contributed by atoms with Crippen LogP contribution in [-0.4, -0.2) is 30.8 Å². The Kier molecular flexibility index (Phi) is 11.3. The Balaban J connectivity index is 1.33. The Morgan fingerprint density at radius 2 is 1.62 bits per heavy atom. The van der Waals surface area contributed by atoms with Crippen molar-refractivity contribution in [3.05, 3.63) is 143 Å². The van der Waals surface area contributed by atoms with Crippen LogP contribution in [0.2, 0.25) is 0 Å². The number of nitriles is 1.